The van der Waals surface area contributed by atoms with Gasteiger partial charge in [-0.25, -0.2) is 4.79 Å². The van der Waals surface area contributed by atoms with Crippen molar-refractivity contribution in [3.63, 3.8) is 0 Å². The van der Waals surface area contributed by atoms with Gasteiger partial charge < -0.3 is 30.5 Å². The Labute approximate surface area is 276 Å². The van der Waals surface area contributed by atoms with Gasteiger partial charge in [-0.05, 0) is 100 Å². The zero-order valence-corrected chi connectivity index (χ0v) is 28.4. The van der Waals surface area contributed by atoms with Crippen LogP contribution >= 0.6 is 11.6 Å². The second-order valence-corrected chi connectivity index (χ2v) is 13.5. The number of benzene rings is 3. The highest BCUT2D eigenvalue weighted by molar-refractivity contribution is 6.34. The van der Waals surface area contributed by atoms with Crippen LogP contribution in [0, 0.1) is 12.8 Å². The second kappa shape index (κ2) is 15.9. The standard InChI is InChI=1S/C36H46ClN3O6/c1-22(2)11-12-24(4)40(34(44)30(38-35(45)46-36(5,6)7)21-25-13-17-27(41)18-14-25)32(26-15-19-28(42)20-16-26)33(43)39-31-23(3)9-8-10-29(31)37/h8-10,13-20,22,24,30,32,41-42H,11-12,21H2,1-7H3,(H,38,45)(H,39,43). The fourth-order valence-corrected chi connectivity index (χ4v) is 5.36. The Morgan fingerprint density at radius 2 is 1.48 bits per heavy atom. The number of anilines is 1. The Hall–Kier alpha value is -4.24. The van der Waals surface area contributed by atoms with Gasteiger partial charge >= 0.3 is 6.09 Å². The predicted octanol–water partition coefficient (Wildman–Crippen LogP) is 7.53. The molecule has 0 aromatic heterocycles. The lowest BCUT2D eigenvalue weighted by Crippen LogP contribution is -2.55. The number of nitrogens with zero attached hydrogens (tertiary/aromatic N) is 1. The van der Waals surface area contributed by atoms with Crippen molar-refractivity contribution in [3.05, 3.63) is 88.4 Å². The van der Waals surface area contributed by atoms with E-state index in [-0.39, 0.29) is 17.9 Å². The fraction of sp³-hybridized carbons (Fsp3) is 0.417. The molecule has 46 heavy (non-hydrogen) atoms. The summed E-state index contributed by atoms with van der Waals surface area (Å²) in [5.74, 6) is -0.604. The maximum Gasteiger partial charge on any atom is 0.408 e. The predicted molar refractivity (Wildman–Crippen MR) is 181 cm³/mol. The molecule has 0 aliphatic rings. The van der Waals surface area contributed by atoms with Crippen molar-refractivity contribution in [2.75, 3.05) is 5.32 Å². The van der Waals surface area contributed by atoms with E-state index in [9.17, 15) is 24.6 Å². The van der Waals surface area contributed by atoms with Crippen LogP contribution in [0.25, 0.3) is 0 Å². The lowest BCUT2D eigenvalue weighted by molar-refractivity contribution is -0.143. The molecule has 3 amide bonds. The average Bonchev–Trinajstić information content (AvgIpc) is 2.96. The molecule has 4 N–H and O–H groups in total. The van der Waals surface area contributed by atoms with E-state index in [1.165, 1.54) is 29.2 Å². The number of hydrogen-bond acceptors (Lipinski definition) is 6. The van der Waals surface area contributed by atoms with Crippen molar-refractivity contribution in [2.24, 2.45) is 5.92 Å². The molecule has 0 saturated heterocycles. The first-order valence-corrected chi connectivity index (χ1v) is 15.9. The van der Waals surface area contributed by atoms with Crippen LogP contribution in [0.4, 0.5) is 10.5 Å². The summed E-state index contributed by atoms with van der Waals surface area (Å²) in [5, 5.41) is 26.0. The van der Waals surface area contributed by atoms with Gasteiger partial charge in [0, 0.05) is 12.5 Å². The molecule has 3 rings (SSSR count). The largest absolute Gasteiger partial charge is 0.508 e. The summed E-state index contributed by atoms with van der Waals surface area (Å²) in [4.78, 5) is 43.8. The van der Waals surface area contributed by atoms with Crippen LogP contribution in [0.5, 0.6) is 11.5 Å². The number of halogens is 1. The van der Waals surface area contributed by atoms with Gasteiger partial charge in [-0.3, -0.25) is 9.59 Å². The number of aromatic hydroxyl groups is 2. The number of carbonyl (C=O) groups excluding carboxylic acids is 3. The summed E-state index contributed by atoms with van der Waals surface area (Å²) >= 11 is 6.49. The zero-order valence-electron chi connectivity index (χ0n) is 27.6. The molecule has 0 radical (unpaired) electrons. The number of hydrogen-bond donors (Lipinski definition) is 4. The van der Waals surface area contributed by atoms with E-state index in [0.717, 1.165) is 12.0 Å². The summed E-state index contributed by atoms with van der Waals surface area (Å²) in [6.07, 6.45) is 0.644. The first-order chi connectivity index (χ1) is 21.6. The van der Waals surface area contributed by atoms with E-state index >= 15 is 0 Å². The molecule has 0 fully saturated rings. The highest BCUT2D eigenvalue weighted by Crippen LogP contribution is 2.32. The molecule has 0 heterocycles. The van der Waals surface area contributed by atoms with E-state index < -0.39 is 41.6 Å². The van der Waals surface area contributed by atoms with Gasteiger partial charge in [-0.1, -0.05) is 61.8 Å². The number of aryl methyl sites for hydroxylation is 1. The average molecular weight is 652 g/mol. The van der Waals surface area contributed by atoms with Crippen molar-refractivity contribution in [3.8, 4) is 11.5 Å². The van der Waals surface area contributed by atoms with Crippen molar-refractivity contribution in [1.29, 1.82) is 0 Å². The van der Waals surface area contributed by atoms with Crippen molar-refractivity contribution in [1.82, 2.24) is 10.2 Å². The van der Waals surface area contributed by atoms with Crippen LogP contribution in [0.2, 0.25) is 5.02 Å². The Bertz CT molecular complexity index is 1460. The van der Waals surface area contributed by atoms with Crippen molar-refractivity contribution < 1.29 is 29.3 Å². The molecule has 3 atom stereocenters. The Kier molecular flexibility index (Phi) is 12.5. The number of rotatable bonds is 12. The van der Waals surface area contributed by atoms with Crippen LogP contribution in [-0.4, -0.2) is 50.7 Å². The molecule has 3 unspecified atom stereocenters. The minimum absolute atomic E-state index is 0.00684. The SMILES string of the molecule is Cc1cccc(Cl)c1NC(=O)C(c1ccc(O)cc1)N(C(=O)C(Cc1ccc(O)cc1)NC(=O)OC(C)(C)C)C(C)CCC(C)C. The van der Waals surface area contributed by atoms with Crippen LogP contribution in [-0.2, 0) is 20.7 Å². The van der Waals surface area contributed by atoms with E-state index in [1.807, 2.05) is 19.9 Å². The smallest absolute Gasteiger partial charge is 0.408 e. The maximum atomic E-state index is 14.8. The monoisotopic (exact) mass is 651 g/mol. The molecule has 0 bridgehead atoms. The fourth-order valence-electron chi connectivity index (χ4n) is 5.09. The third-order valence-electron chi connectivity index (χ3n) is 7.46. The first-order valence-electron chi connectivity index (χ1n) is 15.5. The molecule has 248 valence electrons. The minimum atomic E-state index is -1.16. The van der Waals surface area contributed by atoms with Crippen LogP contribution in [0.15, 0.2) is 66.7 Å². The number of ether oxygens (including phenoxy) is 1. The highest BCUT2D eigenvalue weighted by atomic mass is 35.5. The molecular weight excluding hydrogens is 606 g/mol. The second-order valence-electron chi connectivity index (χ2n) is 13.1. The molecule has 9 nitrogen and oxygen atoms in total. The molecule has 0 spiro atoms. The van der Waals surface area contributed by atoms with Crippen LogP contribution in [0.3, 0.4) is 0 Å². The van der Waals surface area contributed by atoms with E-state index in [0.29, 0.717) is 34.2 Å². The van der Waals surface area contributed by atoms with E-state index in [2.05, 4.69) is 24.5 Å². The lowest BCUT2D eigenvalue weighted by atomic mass is 9.95. The topological polar surface area (TPSA) is 128 Å². The summed E-state index contributed by atoms with van der Waals surface area (Å²) in [6, 6.07) is 15.0. The summed E-state index contributed by atoms with van der Waals surface area (Å²) in [6.45, 7) is 13.1. The number of para-hydroxylation sites is 1. The van der Waals surface area contributed by atoms with Gasteiger partial charge in [0.2, 0.25) is 5.91 Å². The van der Waals surface area contributed by atoms with Gasteiger partial charge in [0.1, 0.15) is 29.2 Å². The Morgan fingerprint density at radius 1 is 0.891 bits per heavy atom. The quantitative estimate of drug-likeness (QED) is 0.160. The van der Waals surface area contributed by atoms with Gasteiger partial charge in [0.15, 0.2) is 0 Å². The van der Waals surface area contributed by atoms with Gasteiger partial charge in [-0.15, -0.1) is 0 Å². The maximum absolute atomic E-state index is 14.8. The number of alkyl carbamates (subject to hydrolysis) is 1. The molecule has 3 aromatic carbocycles. The summed E-state index contributed by atoms with van der Waals surface area (Å²) in [5.41, 5.74) is 1.49. The molecule has 10 heteroatoms. The lowest BCUT2D eigenvalue weighted by Gasteiger charge is -2.39. The number of nitrogens with one attached hydrogen (secondary N) is 2. The molecule has 0 saturated carbocycles. The number of amides is 3. The zero-order chi connectivity index (χ0) is 34.2. The third kappa shape index (κ3) is 10.4. The first kappa shape index (κ1) is 36.2. The third-order valence-corrected chi connectivity index (χ3v) is 7.78. The van der Waals surface area contributed by atoms with Crippen LogP contribution in [0.1, 0.15) is 77.1 Å². The van der Waals surface area contributed by atoms with Gasteiger partial charge in [0.25, 0.3) is 5.91 Å². The van der Waals surface area contributed by atoms with Crippen molar-refractivity contribution in [2.45, 2.75) is 91.5 Å². The molecule has 0 aliphatic carbocycles. The Morgan fingerprint density at radius 3 is 2.02 bits per heavy atom. The number of phenols is 2. The minimum Gasteiger partial charge on any atom is -0.508 e. The van der Waals surface area contributed by atoms with E-state index in [4.69, 9.17) is 16.3 Å². The van der Waals surface area contributed by atoms with Crippen molar-refractivity contribution >= 4 is 35.2 Å². The van der Waals surface area contributed by atoms with Crippen LogP contribution < -0.4 is 10.6 Å². The van der Waals surface area contributed by atoms with E-state index in [1.54, 1.807) is 57.2 Å². The number of carbonyl (C=O) groups is 3. The number of phenolic OH excluding ortho intramolecular Hbond substituents is 2. The molecule has 0 aliphatic heterocycles. The van der Waals surface area contributed by atoms with Gasteiger partial charge in [-0.2, -0.15) is 0 Å². The summed E-state index contributed by atoms with van der Waals surface area (Å²) in [7, 11) is 0. The Balaban J connectivity index is 2.16. The molecule has 3 aromatic rings. The highest BCUT2D eigenvalue weighted by Gasteiger charge is 2.39. The molecular formula is C36H46ClN3O6. The summed E-state index contributed by atoms with van der Waals surface area (Å²) < 4.78 is 5.52. The normalized spacial score (nSPS) is 13.4. The van der Waals surface area contributed by atoms with Gasteiger partial charge in [0.05, 0.1) is 10.7 Å².